The Morgan fingerprint density at radius 2 is 1.78 bits per heavy atom. The van der Waals surface area contributed by atoms with Gasteiger partial charge in [-0.3, -0.25) is 4.90 Å². The van der Waals surface area contributed by atoms with Crippen LogP contribution < -0.4 is 5.32 Å². The first-order valence-electron chi connectivity index (χ1n) is 9.04. The summed E-state index contributed by atoms with van der Waals surface area (Å²) in [5.41, 5.74) is 2.90. The molecule has 2 nitrogen and oxygen atoms in total. The van der Waals surface area contributed by atoms with Crippen molar-refractivity contribution in [3.63, 3.8) is 0 Å². The zero-order chi connectivity index (χ0) is 17.0. The van der Waals surface area contributed by atoms with E-state index in [4.69, 9.17) is 12.2 Å². The maximum atomic E-state index is 5.54. The molecule has 23 heavy (non-hydrogen) atoms. The molecule has 2 rings (SSSR count). The molecule has 128 valence electrons. The van der Waals surface area contributed by atoms with E-state index in [1.54, 1.807) is 0 Å². The van der Waals surface area contributed by atoms with E-state index >= 15 is 0 Å². The Labute approximate surface area is 147 Å². The summed E-state index contributed by atoms with van der Waals surface area (Å²) in [5.74, 6) is 0. The zero-order valence-electron chi connectivity index (χ0n) is 15.4. The van der Waals surface area contributed by atoms with E-state index in [-0.39, 0.29) is 5.41 Å². The molecular formula is C20H32N2S. The zero-order valence-corrected chi connectivity index (χ0v) is 16.2. The van der Waals surface area contributed by atoms with Crippen molar-refractivity contribution in [3.05, 3.63) is 35.4 Å². The Balaban J connectivity index is 2.30. The molecule has 1 aliphatic heterocycles. The molecule has 3 heteroatoms. The van der Waals surface area contributed by atoms with Gasteiger partial charge in [0.05, 0.1) is 0 Å². The average molecular weight is 333 g/mol. The third kappa shape index (κ3) is 3.95. The van der Waals surface area contributed by atoms with Gasteiger partial charge in [0.2, 0.25) is 0 Å². The lowest BCUT2D eigenvalue weighted by atomic mass is 9.70. The lowest BCUT2D eigenvalue weighted by molar-refractivity contribution is 0.152. The lowest BCUT2D eigenvalue weighted by Gasteiger charge is -2.42. The van der Waals surface area contributed by atoms with Crippen LogP contribution in [0, 0.1) is 0 Å². The second kappa shape index (κ2) is 7.76. The first kappa shape index (κ1) is 18.4. The highest BCUT2D eigenvalue weighted by atomic mass is 32.1. The lowest BCUT2D eigenvalue weighted by Crippen LogP contribution is -2.49. The molecule has 1 aliphatic rings. The van der Waals surface area contributed by atoms with Gasteiger partial charge in [0.15, 0.2) is 0 Å². The van der Waals surface area contributed by atoms with Gasteiger partial charge in [-0.1, -0.05) is 49.8 Å². The quantitative estimate of drug-likeness (QED) is 0.740. The van der Waals surface area contributed by atoms with Crippen molar-refractivity contribution in [2.75, 3.05) is 13.1 Å². The maximum absolute atomic E-state index is 5.54. The fourth-order valence-electron chi connectivity index (χ4n) is 4.09. The number of fused-ring (bicyclic) bond motifs is 1. The Kier molecular flexibility index (Phi) is 6.21. The molecule has 1 N–H and O–H groups in total. The Morgan fingerprint density at radius 1 is 1.13 bits per heavy atom. The molecule has 0 bridgehead atoms. The largest absolute Gasteiger partial charge is 0.375 e. The Bertz CT molecular complexity index is 530. The molecule has 1 atom stereocenters. The Hall–Kier alpha value is -0.930. The molecule has 0 aliphatic carbocycles. The van der Waals surface area contributed by atoms with Crippen molar-refractivity contribution in [1.29, 1.82) is 0 Å². The van der Waals surface area contributed by atoms with Crippen molar-refractivity contribution in [2.24, 2.45) is 0 Å². The summed E-state index contributed by atoms with van der Waals surface area (Å²) in [6, 6.07) is 9.91. The molecule has 1 unspecified atom stereocenters. The molecule has 1 aromatic carbocycles. The molecule has 0 fully saturated rings. The SMILES string of the molecule is CCCC1(CCN(C(C)C)C(C)C)CNC(=S)c2ccccc21. The van der Waals surface area contributed by atoms with Crippen LogP contribution in [0.4, 0.5) is 0 Å². The van der Waals surface area contributed by atoms with Crippen LogP contribution in [-0.2, 0) is 5.41 Å². The fourth-order valence-corrected chi connectivity index (χ4v) is 4.34. The minimum Gasteiger partial charge on any atom is -0.375 e. The molecule has 0 amide bonds. The molecule has 0 radical (unpaired) electrons. The molecule has 0 spiro atoms. The predicted octanol–water partition coefficient (Wildman–Crippen LogP) is 4.51. The molecule has 0 aromatic heterocycles. The van der Waals surface area contributed by atoms with E-state index in [1.165, 1.54) is 30.4 Å². The van der Waals surface area contributed by atoms with Crippen molar-refractivity contribution >= 4 is 17.2 Å². The minimum absolute atomic E-state index is 0.204. The van der Waals surface area contributed by atoms with Crippen LogP contribution in [0.15, 0.2) is 24.3 Å². The summed E-state index contributed by atoms with van der Waals surface area (Å²) >= 11 is 5.54. The van der Waals surface area contributed by atoms with Crippen LogP contribution in [-0.4, -0.2) is 35.1 Å². The number of rotatable bonds is 7. The van der Waals surface area contributed by atoms with Crippen LogP contribution in [0.5, 0.6) is 0 Å². The number of nitrogens with one attached hydrogen (secondary N) is 1. The number of nitrogens with zero attached hydrogens (tertiary/aromatic N) is 1. The van der Waals surface area contributed by atoms with E-state index in [0.29, 0.717) is 12.1 Å². The van der Waals surface area contributed by atoms with Gasteiger partial charge in [0.1, 0.15) is 4.99 Å². The van der Waals surface area contributed by atoms with Gasteiger partial charge < -0.3 is 5.32 Å². The normalized spacial score (nSPS) is 21.0. The summed E-state index contributed by atoms with van der Waals surface area (Å²) < 4.78 is 0. The van der Waals surface area contributed by atoms with Gasteiger partial charge in [0.25, 0.3) is 0 Å². The van der Waals surface area contributed by atoms with Crippen LogP contribution in [0.3, 0.4) is 0 Å². The molecule has 1 heterocycles. The van der Waals surface area contributed by atoms with Gasteiger partial charge in [-0.15, -0.1) is 0 Å². The summed E-state index contributed by atoms with van der Waals surface area (Å²) in [6.07, 6.45) is 3.60. The van der Waals surface area contributed by atoms with Gasteiger partial charge in [0, 0.05) is 29.6 Å². The molecule has 1 aromatic rings. The number of hydrogen-bond donors (Lipinski definition) is 1. The third-order valence-corrected chi connectivity index (χ3v) is 5.60. The van der Waals surface area contributed by atoms with Crippen molar-refractivity contribution in [2.45, 2.75) is 71.4 Å². The highest BCUT2D eigenvalue weighted by Crippen LogP contribution is 2.38. The van der Waals surface area contributed by atoms with E-state index < -0.39 is 0 Å². The highest BCUT2D eigenvalue weighted by Gasteiger charge is 2.37. The van der Waals surface area contributed by atoms with Gasteiger partial charge in [-0.2, -0.15) is 0 Å². The standard InChI is InChI=1S/C20H32N2S/c1-6-11-20(12-13-22(15(2)3)16(4)5)14-21-19(23)17-9-7-8-10-18(17)20/h7-10,15-16H,6,11-14H2,1-5H3,(H,21,23). The van der Waals surface area contributed by atoms with Gasteiger partial charge in [-0.05, 0) is 52.6 Å². The molecule has 0 saturated carbocycles. The van der Waals surface area contributed by atoms with Crippen LogP contribution in [0.25, 0.3) is 0 Å². The summed E-state index contributed by atoms with van der Waals surface area (Å²) in [5, 5.41) is 3.51. The van der Waals surface area contributed by atoms with E-state index in [2.05, 4.69) is 69.1 Å². The van der Waals surface area contributed by atoms with E-state index in [9.17, 15) is 0 Å². The summed E-state index contributed by atoms with van der Waals surface area (Å²) in [6.45, 7) is 13.6. The van der Waals surface area contributed by atoms with Crippen molar-refractivity contribution < 1.29 is 0 Å². The van der Waals surface area contributed by atoms with E-state index in [1.807, 2.05) is 0 Å². The van der Waals surface area contributed by atoms with Crippen LogP contribution >= 0.6 is 12.2 Å². The number of thiocarbonyl (C=S) groups is 1. The van der Waals surface area contributed by atoms with Gasteiger partial charge in [-0.25, -0.2) is 0 Å². The highest BCUT2D eigenvalue weighted by molar-refractivity contribution is 7.80. The second-order valence-electron chi connectivity index (χ2n) is 7.43. The number of benzene rings is 1. The Morgan fingerprint density at radius 3 is 2.39 bits per heavy atom. The third-order valence-electron chi connectivity index (χ3n) is 5.23. The summed E-state index contributed by atoms with van der Waals surface area (Å²) in [7, 11) is 0. The van der Waals surface area contributed by atoms with E-state index in [0.717, 1.165) is 18.1 Å². The molecule has 0 saturated heterocycles. The van der Waals surface area contributed by atoms with Gasteiger partial charge >= 0.3 is 0 Å². The first-order chi connectivity index (χ1) is 10.9. The number of hydrogen-bond acceptors (Lipinski definition) is 2. The average Bonchev–Trinajstić information content (AvgIpc) is 2.51. The maximum Gasteiger partial charge on any atom is 0.106 e. The van der Waals surface area contributed by atoms with Crippen molar-refractivity contribution in [3.8, 4) is 0 Å². The topological polar surface area (TPSA) is 15.3 Å². The second-order valence-corrected chi connectivity index (χ2v) is 7.84. The van der Waals surface area contributed by atoms with Crippen LogP contribution in [0.2, 0.25) is 0 Å². The first-order valence-corrected chi connectivity index (χ1v) is 9.45. The van der Waals surface area contributed by atoms with Crippen molar-refractivity contribution in [1.82, 2.24) is 10.2 Å². The van der Waals surface area contributed by atoms with Crippen LogP contribution in [0.1, 0.15) is 65.0 Å². The molecular weight excluding hydrogens is 300 g/mol. The summed E-state index contributed by atoms with van der Waals surface area (Å²) in [4.78, 5) is 3.52. The predicted molar refractivity (Wildman–Crippen MR) is 104 cm³/mol. The minimum atomic E-state index is 0.204. The monoisotopic (exact) mass is 332 g/mol. The smallest absolute Gasteiger partial charge is 0.106 e. The fraction of sp³-hybridized carbons (Fsp3) is 0.650.